The number of nitrogens with zero attached hydrogens (tertiary/aromatic N) is 2. The third-order valence-corrected chi connectivity index (χ3v) is 6.91. The summed E-state index contributed by atoms with van der Waals surface area (Å²) < 4.78 is 16.9. The summed E-state index contributed by atoms with van der Waals surface area (Å²) in [6.07, 6.45) is 1.65. The first kappa shape index (κ1) is 26.9. The van der Waals surface area contributed by atoms with Crippen LogP contribution >= 0.6 is 35.6 Å². The molecular formula is C25H24ClN3O6S2. The Kier molecular flexibility index (Phi) is 9.04. The van der Waals surface area contributed by atoms with E-state index in [1.165, 1.54) is 6.07 Å². The van der Waals surface area contributed by atoms with Gasteiger partial charge >= 0.3 is 0 Å². The highest BCUT2D eigenvalue weighted by molar-refractivity contribution is 8.26. The lowest BCUT2D eigenvalue weighted by atomic mass is 10.2. The van der Waals surface area contributed by atoms with Crippen LogP contribution in [0.1, 0.15) is 22.8 Å². The Morgan fingerprint density at radius 2 is 1.95 bits per heavy atom. The number of halogens is 1. The quantitative estimate of drug-likeness (QED) is 0.386. The van der Waals surface area contributed by atoms with Crippen molar-refractivity contribution in [1.82, 2.24) is 15.3 Å². The number of rotatable bonds is 8. The lowest BCUT2D eigenvalue weighted by molar-refractivity contribution is -0.137. The maximum Gasteiger partial charge on any atom is 0.285 e. The number of hydrogen-bond donors (Lipinski definition) is 1. The molecule has 0 atom stereocenters. The predicted octanol–water partition coefficient (Wildman–Crippen LogP) is 3.52. The van der Waals surface area contributed by atoms with Crippen LogP contribution in [-0.2, 0) is 14.3 Å². The highest BCUT2D eigenvalue weighted by Crippen LogP contribution is 2.34. The van der Waals surface area contributed by atoms with E-state index < -0.39 is 11.8 Å². The fraction of sp³-hybridized carbons (Fsp3) is 0.280. The molecule has 2 saturated heterocycles. The van der Waals surface area contributed by atoms with E-state index in [2.05, 4.69) is 5.43 Å². The molecule has 0 spiro atoms. The van der Waals surface area contributed by atoms with Crippen molar-refractivity contribution in [2.45, 2.75) is 6.92 Å². The van der Waals surface area contributed by atoms with E-state index in [4.69, 9.17) is 38.0 Å². The number of carbonyl (C=O) groups excluding carboxylic acids is 3. The number of hydrazine groups is 1. The minimum atomic E-state index is -0.508. The van der Waals surface area contributed by atoms with Crippen LogP contribution in [0.3, 0.4) is 0 Å². The van der Waals surface area contributed by atoms with Gasteiger partial charge in [0.1, 0.15) is 0 Å². The molecule has 0 radical (unpaired) electrons. The molecular weight excluding hydrogens is 538 g/mol. The van der Waals surface area contributed by atoms with Gasteiger partial charge in [-0.2, -0.15) is 5.01 Å². The Hall–Kier alpha value is -3.12. The van der Waals surface area contributed by atoms with E-state index in [1.807, 2.05) is 6.92 Å². The van der Waals surface area contributed by atoms with Crippen molar-refractivity contribution in [3.8, 4) is 11.5 Å². The molecule has 3 amide bonds. The molecule has 4 rings (SSSR count). The molecule has 2 heterocycles. The molecule has 0 aromatic heterocycles. The highest BCUT2D eigenvalue weighted by Gasteiger charge is 2.34. The number of thiocarbonyl (C=S) groups is 1. The highest BCUT2D eigenvalue weighted by atomic mass is 35.5. The fourth-order valence-electron chi connectivity index (χ4n) is 3.56. The molecule has 2 aromatic rings. The van der Waals surface area contributed by atoms with Crippen LogP contribution in [0, 0.1) is 0 Å². The zero-order chi connectivity index (χ0) is 26.4. The minimum absolute atomic E-state index is 0.121. The van der Waals surface area contributed by atoms with Gasteiger partial charge in [-0.25, -0.2) is 0 Å². The summed E-state index contributed by atoms with van der Waals surface area (Å²) in [5.41, 5.74) is 3.49. The van der Waals surface area contributed by atoms with E-state index in [9.17, 15) is 14.4 Å². The van der Waals surface area contributed by atoms with Crippen molar-refractivity contribution in [3.63, 3.8) is 0 Å². The summed E-state index contributed by atoms with van der Waals surface area (Å²) in [5, 5.41) is 1.44. The van der Waals surface area contributed by atoms with Crippen molar-refractivity contribution < 1.29 is 28.6 Å². The average Bonchev–Trinajstić information content (AvgIpc) is 3.16. The number of benzene rings is 2. The van der Waals surface area contributed by atoms with Gasteiger partial charge in [0, 0.05) is 23.7 Å². The topological polar surface area (TPSA) is 97.4 Å². The Balaban J connectivity index is 1.44. The number of hydrogen-bond acceptors (Lipinski definition) is 8. The van der Waals surface area contributed by atoms with E-state index in [1.54, 1.807) is 47.4 Å². The van der Waals surface area contributed by atoms with Crippen LogP contribution in [0.4, 0.5) is 0 Å². The summed E-state index contributed by atoms with van der Waals surface area (Å²) in [4.78, 5) is 40.0. The molecule has 2 aliphatic rings. The lowest BCUT2D eigenvalue weighted by Gasteiger charge is -2.26. The standard InChI is InChI=1S/C25H24ClN3O6S2/c1-2-34-20-12-16(6-7-19(20)35-15-22(30)28-8-10-33-11-9-28)13-21-24(32)29(25(36)37-21)27-23(31)17-4-3-5-18(26)14-17/h3-7,12-14H,2,8-11,15H2,1H3,(H,27,31)/b21-13+. The van der Waals surface area contributed by atoms with Gasteiger partial charge in [-0.15, -0.1) is 0 Å². The maximum absolute atomic E-state index is 13.0. The smallest absolute Gasteiger partial charge is 0.285 e. The Morgan fingerprint density at radius 3 is 2.68 bits per heavy atom. The van der Waals surface area contributed by atoms with Crippen molar-refractivity contribution in [1.29, 1.82) is 0 Å². The van der Waals surface area contributed by atoms with E-state index in [0.29, 0.717) is 65.5 Å². The number of morpholine rings is 1. The number of ether oxygens (including phenoxy) is 3. The molecule has 194 valence electrons. The second-order valence-electron chi connectivity index (χ2n) is 7.89. The molecule has 0 bridgehead atoms. The number of amides is 3. The normalized spacial score (nSPS) is 16.8. The van der Waals surface area contributed by atoms with Crippen LogP contribution in [-0.4, -0.2) is 71.5 Å². The molecule has 9 nitrogen and oxygen atoms in total. The molecule has 2 fully saturated rings. The van der Waals surface area contributed by atoms with Crippen LogP contribution in [0.25, 0.3) is 6.08 Å². The van der Waals surface area contributed by atoms with Gasteiger partial charge in [0.15, 0.2) is 22.4 Å². The first-order chi connectivity index (χ1) is 17.9. The molecule has 2 aromatic carbocycles. The Morgan fingerprint density at radius 1 is 1.16 bits per heavy atom. The molecule has 0 saturated carbocycles. The van der Waals surface area contributed by atoms with E-state index >= 15 is 0 Å². The first-order valence-electron chi connectivity index (χ1n) is 11.5. The van der Waals surface area contributed by atoms with Gasteiger partial charge in [0.25, 0.3) is 17.7 Å². The Bertz CT molecular complexity index is 1250. The minimum Gasteiger partial charge on any atom is -0.490 e. The third-order valence-electron chi connectivity index (χ3n) is 5.37. The van der Waals surface area contributed by atoms with E-state index in [0.717, 1.165) is 16.8 Å². The van der Waals surface area contributed by atoms with Crippen LogP contribution in [0.2, 0.25) is 5.02 Å². The summed E-state index contributed by atoms with van der Waals surface area (Å²) in [6.45, 7) is 4.21. The molecule has 37 heavy (non-hydrogen) atoms. The Labute approximate surface area is 228 Å². The summed E-state index contributed by atoms with van der Waals surface area (Å²) in [6, 6.07) is 11.5. The lowest BCUT2D eigenvalue weighted by Crippen LogP contribution is -2.44. The monoisotopic (exact) mass is 561 g/mol. The number of nitrogens with one attached hydrogen (secondary N) is 1. The zero-order valence-electron chi connectivity index (χ0n) is 19.9. The summed E-state index contributed by atoms with van der Waals surface area (Å²) in [7, 11) is 0. The van der Waals surface area contributed by atoms with Crippen LogP contribution in [0.5, 0.6) is 11.5 Å². The molecule has 0 unspecified atom stereocenters. The second-order valence-corrected chi connectivity index (χ2v) is 10.0. The molecule has 2 aliphatic heterocycles. The fourth-order valence-corrected chi connectivity index (χ4v) is 4.93. The first-order valence-corrected chi connectivity index (χ1v) is 13.1. The second kappa shape index (κ2) is 12.4. The third kappa shape index (κ3) is 6.80. The predicted molar refractivity (Wildman–Crippen MR) is 144 cm³/mol. The van der Waals surface area contributed by atoms with Gasteiger partial charge in [0.2, 0.25) is 0 Å². The van der Waals surface area contributed by atoms with Crippen molar-refractivity contribution in [2.24, 2.45) is 0 Å². The maximum atomic E-state index is 13.0. The van der Waals surface area contributed by atoms with Gasteiger partial charge in [-0.1, -0.05) is 35.5 Å². The van der Waals surface area contributed by atoms with E-state index in [-0.39, 0.29) is 16.8 Å². The van der Waals surface area contributed by atoms with Crippen LogP contribution in [0.15, 0.2) is 47.4 Å². The largest absolute Gasteiger partial charge is 0.490 e. The zero-order valence-corrected chi connectivity index (χ0v) is 22.3. The van der Waals surface area contributed by atoms with Crippen LogP contribution < -0.4 is 14.9 Å². The van der Waals surface area contributed by atoms with Crippen molar-refractivity contribution >= 4 is 63.7 Å². The molecule has 1 N–H and O–H groups in total. The van der Waals surface area contributed by atoms with Gasteiger partial charge in [0.05, 0.1) is 24.7 Å². The molecule has 0 aliphatic carbocycles. The average molecular weight is 562 g/mol. The van der Waals surface area contributed by atoms with Crippen molar-refractivity contribution in [2.75, 3.05) is 39.5 Å². The number of carbonyl (C=O) groups is 3. The van der Waals surface area contributed by atoms with Gasteiger partial charge in [-0.05, 0) is 61.1 Å². The van der Waals surface area contributed by atoms with Crippen molar-refractivity contribution in [3.05, 3.63) is 63.5 Å². The van der Waals surface area contributed by atoms with Gasteiger partial charge in [-0.3, -0.25) is 19.8 Å². The SMILES string of the molecule is CCOc1cc(/C=C2/SC(=S)N(NC(=O)c3cccc(Cl)c3)C2=O)ccc1OCC(=O)N1CCOCC1. The van der Waals surface area contributed by atoms with Gasteiger partial charge < -0.3 is 19.1 Å². The summed E-state index contributed by atoms with van der Waals surface area (Å²) in [5.74, 6) is -0.234. The molecule has 12 heteroatoms. The summed E-state index contributed by atoms with van der Waals surface area (Å²) >= 11 is 12.3. The number of thioether (sulfide) groups is 1.